The van der Waals surface area contributed by atoms with Crippen molar-refractivity contribution < 1.29 is 17.9 Å². The minimum Gasteiger partial charge on any atom is -0.497 e. The number of nitrogens with zero attached hydrogens (tertiary/aromatic N) is 2. The van der Waals surface area contributed by atoms with Crippen molar-refractivity contribution in [2.45, 2.75) is 50.0 Å². The highest BCUT2D eigenvalue weighted by molar-refractivity contribution is 7.89. The third-order valence-electron chi connectivity index (χ3n) is 5.76. The molecule has 1 heterocycles. The first kappa shape index (κ1) is 23.3. The first-order valence-electron chi connectivity index (χ1n) is 10.9. The van der Waals surface area contributed by atoms with Gasteiger partial charge in [-0.15, -0.1) is 0 Å². The smallest absolute Gasteiger partial charge is 0.243 e. The van der Waals surface area contributed by atoms with Crippen LogP contribution in [0.15, 0.2) is 53.4 Å². The van der Waals surface area contributed by atoms with E-state index in [0.717, 1.165) is 42.6 Å². The monoisotopic (exact) mass is 444 g/mol. The predicted molar refractivity (Wildman–Crippen MR) is 121 cm³/mol. The van der Waals surface area contributed by atoms with Gasteiger partial charge in [0.05, 0.1) is 12.0 Å². The second kappa shape index (κ2) is 10.8. The lowest BCUT2D eigenvalue weighted by Gasteiger charge is -2.20. The van der Waals surface area contributed by atoms with E-state index in [1.165, 1.54) is 0 Å². The zero-order valence-corrected chi connectivity index (χ0v) is 19.2. The Bertz CT molecular complexity index is 948. The second-order valence-electron chi connectivity index (χ2n) is 8.06. The average Bonchev–Trinajstić information content (AvgIpc) is 3.08. The van der Waals surface area contributed by atoms with E-state index in [-0.39, 0.29) is 5.91 Å². The van der Waals surface area contributed by atoms with E-state index in [0.29, 0.717) is 37.4 Å². The van der Waals surface area contributed by atoms with E-state index in [4.69, 9.17) is 4.74 Å². The number of methoxy groups -OCH3 is 1. The summed E-state index contributed by atoms with van der Waals surface area (Å²) in [5.41, 5.74) is 2.00. The van der Waals surface area contributed by atoms with Gasteiger partial charge in [-0.3, -0.25) is 4.79 Å². The van der Waals surface area contributed by atoms with E-state index in [9.17, 15) is 13.2 Å². The van der Waals surface area contributed by atoms with E-state index in [1.54, 1.807) is 35.5 Å². The summed E-state index contributed by atoms with van der Waals surface area (Å²) in [4.78, 5) is 14.6. The molecule has 6 nitrogen and oxygen atoms in total. The molecular formula is C24H32N2O4S. The van der Waals surface area contributed by atoms with Gasteiger partial charge in [0.1, 0.15) is 5.75 Å². The molecule has 31 heavy (non-hydrogen) atoms. The van der Waals surface area contributed by atoms with Gasteiger partial charge in [-0.05, 0) is 54.7 Å². The van der Waals surface area contributed by atoms with Crippen LogP contribution >= 0.6 is 0 Å². The van der Waals surface area contributed by atoms with Crippen molar-refractivity contribution in [1.82, 2.24) is 9.21 Å². The number of rotatable bonds is 8. The van der Waals surface area contributed by atoms with Gasteiger partial charge in [0.15, 0.2) is 0 Å². The summed E-state index contributed by atoms with van der Waals surface area (Å²) in [6, 6.07) is 14.6. The third-order valence-corrected chi connectivity index (χ3v) is 7.67. The van der Waals surface area contributed by atoms with Gasteiger partial charge >= 0.3 is 0 Å². The Morgan fingerprint density at radius 2 is 1.52 bits per heavy atom. The van der Waals surface area contributed by atoms with Crippen molar-refractivity contribution in [3.8, 4) is 5.75 Å². The quantitative estimate of drug-likeness (QED) is 0.620. The molecule has 168 valence electrons. The van der Waals surface area contributed by atoms with Crippen LogP contribution in [-0.2, 0) is 27.8 Å². The van der Waals surface area contributed by atoms with Crippen LogP contribution in [0, 0.1) is 0 Å². The van der Waals surface area contributed by atoms with Crippen LogP contribution in [-0.4, -0.2) is 50.8 Å². The van der Waals surface area contributed by atoms with Crippen molar-refractivity contribution in [2.24, 2.45) is 0 Å². The molecule has 1 fully saturated rings. The van der Waals surface area contributed by atoms with Crippen LogP contribution in [0.3, 0.4) is 0 Å². The number of amides is 1. The van der Waals surface area contributed by atoms with Gasteiger partial charge in [-0.2, -0.15) is 4.31 Å². The molecule has 0 aromatic heterocycles. The second-order valence-corrected chi connectivity index (χ2v) is 10.00. The van der Waals surface area contributed by atoms with Crippen LogP contribution < -0.4 is 4.74 Å². The van der Waals surface area contributed by atoms with Gasteiger partial charge in [0.2, 0.25) is 15.9 Å². The van der Waals surface area contributed by atoms with Crippen LogP contribution in [0.4, 0.5) is 0 Å². The standard InChI is InChI=1S/C24H32N2O4S/c1-25(19-21-7-12-22(30-2)13-8-21)24(27)16-11-20-9-14-23(15-10-20)31(28,29)26-17-5-3-4-6-18-26/h7-10,12-15H,3-6,11,16-19H2,1-2H3. The van der Waals surface area contributed by atoms with Crippen molar-refractivity contribution in [3.05, 3.63) is 59.7 Å². The SMILES string of the molecule is COc1ccc(CN(C)C(=O)CCc2ccc(S(=O)(=O)N3CCCCCC3)cc2)cc1. The lowest BCUT2D eigenvalue weighted by atomic mass is 10.1. The number of sulfonamides is 1. The number of hydrogen-bond donors (Lipinski definition) is 0. The molecular weight excluding hydrogens is 412 g/mol. The lowest BCUT2D eigenvalue weighted by Crippen LogP contribution is -2.31. The number of hydrogen-bond acceptors (Lipinski definition) is 4. The molecule has 2 aromatic rings. The highest BCUT2D eigenvalue weighted by Gasteiger charge is 2.24. The topological polar surface area (TPSA) is 66.9 Å². The molecule has 0 saturated carbocycles. The summed E-state index contributed by atoms with van der Waals surface area (Å²) in [6.45, 7) is 1.73. The van der Waals surface area contributed by atoms with Crippen molar-refractivity contribution in [2.75, 3.05) is 27.2 Å². The fourth-order valence-corrected chi connectivity index (χ4v) is 5.31. The molecule has 0 unspecified atom stereocenters. The molecule has 1 aliphatic rings. The van der Waals surface area contributed by atoms with Crippen LogP contribution in [0.2, 0.25) is 0 Å². The van der Waals surface area contributed by atoms with E-state index in [1.807, 2.05) is 36.4 Å². The van der Waals surface area contributed by atoms with Crippen molar-refractivity contribution in [3.63, 3.8) is 0 Å². The molecule has 0 spiro atoms. The molecule has 0 atom stereocenters. The molecule has 1 amide bonds. The maximum atomic E-state index is 12.9. The first-order valence-corrected chi connectivity index (χ1v) is 12.3. The number of carbonyl (C=O) groups is 1. The largest absolute Gasteiger partial charge is 0.497 e. The van der Waals surface area contributed by atoms with Crippen molar-refractivity contribution >= 4 is 15.9 Å². The number of aryl methyl sites for hydroxylation is 1. The number of ether oxygens (including phenoxy) is 1. The molecule has 0 radical (unpaired) electrons. The Morgan fingerprint density at radius 3 is 2.10 bits per heavy atom. The molecule has 0 aliphatic carbocycles. The van der Waals surface area contributed by atoms with E-state index >= 15 is 0 Å². The molecule has 7 heteroatoms. The zero-order chi connectivity index (χ0) is 22.3. The minimum atomic E-state index is -3.44. The fourth-order valence-electron chi connectivity index (χ4n) is 3.79. The van der Waals surface area contributed by atoms with Gasteiger partial charge in [-0.1, -0.05) is 37.1 Å². The summed E-state index contributed by atoms with van der Waals surface area (Å²) in [7, 11) is -0.0157. The Kier molecular flexibility index (Phi) is 8.09. The Labute approximate surface area is 185 Å². The summed E-state index contributed by atoms with van der Waals surface area (Å²) < 4.78 is 32.5. The van der Waals surface area contributed by atoms with E-state index < -0.39 is 10.0 Å². The Hall–Kier alpha value is -2.38. The average molecular weight is 445 g/mol. The normalized spacial score (nSPS) is 15.3. The van der Waals surface area contributed by atoms with Crippen molar-refractivity contribution in [1.29, 1.82) is 0 Å². The number of carbonyl (C=O) groups excluding carboxylic acids is 1. The zero-order valence-electron chi connectivity index (χ0n) is 18.4. The Balaban J connectivity index is 1.53. The van der Waals surface area contributed by atoms with Crippen LogP contribution in [0.1, 0.15) is 43.2 Å². The number of benzene rings is 2. The summed E-state index contributed by atoms with van der Waals surface area (Å²) in [5.74, 6) is 0.844. The predicted octanol–water partition coefficient (Wildman–Crippen LogP) is 3.85. The fraction of sp³-hybridized carbons (Fsp3) is 0.458. The summed E-state index contributed by atoms with van der Waals surface area (Å²) in [5, 5.41) is 0. The maximum absolute atomic E-state index is 12.9. The maximum Gasteiger partial charge on any atom is 0.243 e. The third kappa shape index (κ3) is 6.31. The highest BCUT2D eigenvalue weighted by atomic mass is 32.2. The lowest BCUT2D eigenvalue weighted by molar-refractivity contribution is -0.130. The molecule has 0 N–H and O–H groups in total. The van der Waals surface area contributed by atoms with E-state index in [2.05, 4.69) is 0 Å². The van der Waals surface area contributed by atoms with Crippen LogP contribution in [0.25, 0.3) is 0 Å². The van der Waals surface area contributed by atoms with Gasteiger partial charge < -0.3 is 9.64 Å². The van der Waals surface area contributed by atoms with Crippen LogP contribution in [0.5, 0.6) is 5.75 Å². The molecule has 2 aromatic carbocycles. The highest BCUT2D eigenvalue weighted by Crippen LogP contribution is 2.21. The summed E-state index contributed by atoms with van der Waals surface area (Å²) >= 11 is 0. The Morgan fingerprint density at radius 1 is 0.935 bits per heavy atom. The first-order chi connectivity index (χ1) is 14.9. The van der Waals surface area contributed by atoms with Gasteiger partial charge in [0, 0.05) is 33.1 Å². The summed E-state index contributed by atoms with van der Waals surface area (Å²) in [6.07, 6.45) is 4.98. The molecule has 0 bridgehead atoms. The van der Waals surface area contributed by atoms with Gasteiger partial charge in [-0.25, -0.2) is 8.42 Å². The molecule has 1 aliphatic heterocycles. The molecule has 1 saturated heterocycles. The van der Waals surface area contributed by atoms with Gasteiger partial charge in [0.25, 0.3) is 0 Å². The minimum absolute atomic E-state index is 0.0529. The molecule has 3 rings (SSSR count).